The number of para-hydroxylation sites is 4. The summed E-state index contributed by atoms with van der Waals surface area (Å²) in [4.78, 5) is 14.4. The molecule has 0 aliphatic carbocycles. The minimum atomic E-state index is 0.234. The second kappa shape index (κ2) is 19.4. The Hall–Kier alpha value is -10.6. The van der Waals surface area contributed by atoms with Gasteiger partial charge in [0.15, 0.2) is 0 Å². The Morgan fingerprint density at radius 2 is 0.438 bits per heavy atom. The fourth-order valence-electron chi connectivity index (χ4n) is 16.8. The molecule has 14 aromatic rings. The molecule has 0 fully saturated rings. The molecule has 89 heavy (non-hydrogen) atoms. The molecule has 0 bridgehead atoms. The van der Waals surface area contributed by atoms with Gasteiger partial charge in [-0.2, -0.15) is 0 Å². The third-order valence-corrected chi connectivity index (χ3v) is 20.7. The molecule has 0 saturated carbocycles. The lowest BCUT2D eigenvalue weighted by Gasteiger charge is -2.43. The summed E-state index contributed by atoms with van der Waals surface area (Å²) < 4.78 is 0. The van der Waals surface area contributed by atoms with Crippen LogP contribution in [0.2, 0.25) is 0 Å². The molecular formula is C80H61B3N6. The molecule has 6 aliphatic rings. The van der Waals surface area contributed by atoms with E-state index in [1.165, 1.54) is 171 Å². The van der Waals surface area contributed by atoms with Crippen LogP contribution in [0.5, 0.6) is 0 Å². The Labute approximate surface area is 520 Å². The molecule has 0 radical (unpaired) electrons. The van der Waals surface area contributed by atoms with Crippen LogP contribution in [0.4, 0.5) is 68.2 Å². The van der Waals surface area contributed by atoms with E-state index in [2.05, 4.69) is 333 Å². The normalized spacial score (nSPS) is 14.0. The maximum atomic E-state index is 2.44. The van der Waals surface area contributed by atoms with Crippen LogP contribution in [-0.2, 0) is 0 Å². The Morgan fingerprint density at radius 3 is 0.809 bits per heavy atom. The van der Waals surface area contributed by atoms with Crippen molar-refractivity contribution in [3.05, 3.63) is 261 Å². The van der Waals surface area contributed by atoms with Crippen LogP contribution in [-0.4, -0.2) is 62.4 Å². The Bertz CT molecular complexity index is 5310. The highest BCUT2D eigenvalue weighted by Crippen LogP contribution is 2.46. The summed E-state index contributed by atoms with van der Waals surface area (Å²) >= 11 is 0. The van der Waals surface area contributed by atoms with Crippen molar-refractivity contribution in [1.82, 2.24) is 0 Å². The van der Waals surface area contributed by atoms with Gasteiger partial charge in [-0.25, -0.2) is 0 Å². The summed E-state index contributed by atoms with van der Waals surface area (Å²) in [6, 6.07) is 95.8. The second-order valence-electron chi connectivity index (χ2n) is 25.0. The lowest BCUT2D eigenvalue weighted by molar-refractivity contribution is 1.19. The van der Waals surface area contributed by atoms with Gasteiger partial charge in [-0.15, -0.1) is 0 Å². The van der Waals surface area contributed by atoms with Gasteiger partial charge < -0.3 is 29.4 Å². The molecule has 420 valence electrons. The molecule has 0 aromatic heterocycles. The standard InChI is InChI=1S/2C28H21BN2.C24H19BN2/c1-30-24-14-8-7-13-22(24)29-23-16-15-18-9-3-5-11-20(18)27(23)31(2)25-17-19-10-4-6-12-21(19)28(30)26(25)29;1-30-24-14-8-7-13-22(24)29-23-16-15-18-9-3-5-11-20(18)27(23)31(2)28-21-12-6-4-10-19(21)17-25(30)26(28)29;1-26-20-13-7-5-11-18(20)25-19-12-6-8-14-21(19)27(2)24-17-10-4-3-9-16(17)15-22(26)23(24)25/h2*3-17H,1-2H3;3-15H,1-2H3. The van der Waals surface area contributed by atoms with Gasteiger partial charge in [-0.1, -0.05) is 218 Å². The molecule has 9 heteroatoms. The Balaban J connectivity index is 0.0000001000. The number of rotatable bonds is 0. The van der Waals surface area contributed by atoms with Crippen molar-refractivity contribution in [2.24, 2.45) is 0 Å². The summed E-state index contributed by atoms with van der Waals surface area (Å²) in [6.07, 6.45) is 0. The molecule has 20 rings (SSSR count). The minimum absolute atomic E-state index is 0.234. The first kappa shape index (κ1) is 51.6. The second-order valence-corrected chi connectivity index (χ2v) is 25.0. The summed E-state index contributed by atoms with van der Waals surface area (Å²) in [5.41, 5.74) is 28.4. The zero-order valence-electron chi connectivity index (χ0n) is 50.7. The van der Waals surface area contributed by atoms with E-state index in [0.29, 0.717) is 0 Å². The minimum Gasteiger partial charge on any atom is -0.345 e. The predicted molar refractivity (Wildman–Crippen MR) is 388 cm³/mol. The van der Waals surface area contributed by atoms with E-state index < -0.39 is 0 Å². The number of hydrogen-bond acceptors (Lipinski definition) is 6. The molecule has 0 atom stereocenters. The number of hydrogen-bond donors (Lipinski definition) is 0. The van der Waals surface area contributed by atoms with Crippen molar-refractivity contribution < 1.29 is 0 Å². The highest BCUT2D eigenvalue weighted by molar-refractivity contribution is 7.02. The average molecular weight is 1140 g/mol. The summed E-state index contributed by atoms with van der Waals surface area (Å²) in [6.45, 7) is 0.745. The first-order valence-electron chi connectivity index (χ1n) is 31.2. The first-order valence-corrected chi connectivity index (χ1v) is 31.2. The Kier molecular flexibility index (Phi) is 11.3. The molecular weight excluding hydrogens is 1080 g/mol. The van der Waals surface area contributed by atoms with Crippen LogP contribution < -0.4 is 78.6 Å². The van der Waals surface area contributed by atoms with Crippen LogP contribution in [0.15, 0.2) is 261 Å². The predicted octanol–water partition coefficient (Wildman–Crippen LogP) is 12.9. The van der Waals surface area contributed by atoms with Gasteiger partial charge in [0.05, 0.1) is 0 Å². The highest BCUT2D eigenvalue weighted by Gasteiger charge is 2.45. The molecule has 0 spiro atoms. The SMILES string of the molecule is CN1c2cc3ccccc3c3c2B(c2ccccc2N3C)c2ccc3ccccc3c21.CN1c2ccccc2B2c3ccc4ccccc4c3N(C)c3c2c1cc1ccccc31.CN1c2ccccc2B2c3ccccc3N(C)c3c2c1cc1ccccc31. The average Bonchev–Trinajstić information content (AvgIpc) is 0.854. The molecule has 6 nitrogen and oxygen atoms in total. The van der Waals surface area contributed by atoms with Gasteiger partial charge in [0.2, 0.25) is 0 Å². The molecule has 0 N–H and O–H groups in total. The highest BCUT2D eigenvalue weighted by atomic mass is 15.2. The van der Waals surface area contributed by atoms with Crippen molar-refractivity contribution in [3.8, 4) is 0 Å². The van der Waals surface area contributed by atoms with Gasteiger partial charge in [-0.3, -0.25) is 0 Å². The lowest BCUT2D eigenvalue weighted by Crippen LogP contribution is -2.61. The van der Waals surface area contributed by atoms with Gasteiger partial charge >= 0.3 is 0 Å². The molecule has 0 saturated heterocycles. The van der Waals surface area contributed by atoms with Crippen molar-refractivity contribution in [2.45, 2.75) is 0 Å². The number of fused-ring (bicyclic) bond motifs is 22. The van der Waals surface area contributed by atoms with Crippen LogP contribution in [0.1, 0.15) is 0 Å². The van der Waals surface area contributed by atoms with E-state index in [9.17, 15) is 0 Å². The molecule has 6 heterocycles. The third-order valence-electron chi connectivity index (χ3n) is 20.7. The number of benzene rings is 14. The van der Waals surface area contributed by atoms with E-state index in [1.54, 1.807) is 0 Å². The van der Waals surface area contributed by atoms with E-state index in [0.717, 1.165) is 0 Å². The third kappa shape index (κ3) is 7.24. The van der Waals surface area contributed by atoms with Gasteiger partial charge in [0.25, 0.3) is 20.1 Å². The topological polar surface area (TPSA) is 19.4 Å². The van der Waals surface area contributed by atoms with Gasteiger partial charge in [-0.05, 0) is 119 Å². The summed E-state index contributed by atoms with van der Waals surface area (Å²) in [5.74, 6) is 0. The number of nitrogens with zero attached hydrogens (tertiary/aromatic N) is 6. The fraction of sp³-hybridized carbons (Fsp3) is 0.0750. The van der Waals surface area contributed by atoms with Crippen LogP contribution in [0.25, 0.3) is 53.9 Å². The van der Waals surface area contributed by atoms with Gasteiger partial charge in [0.1, 0.15) is 0 Å². The number of anilines is 12. The van der Waals surface area contributed by atoms with Crippen molar-refractivity contribution in [3.63, 3.8) is 0 Å². The monoisotopic (exact) mass is 1140 g/mol. The van der Waals surface area contributed by atoms with Crippen LogP contribution >= 0.6 is 0 Å². The van der Waals surface area contributed by atoms with Gasteiger partial charge in [0, 0.05) is 137 Å². The quantitative estimate of drug-likeness (QED) is 0.140. The maximum absolute atomic E-state index is 2.44. The lowest BCUT2D eigenvalue weighted by atomic mass is 9.33. The van der Waals surface area contributed by atoms with Crippen molar-refractivity contribution in [1.29, 1.82) is 0 Å². The molecule has 0 unspecified atom stereocenters. The molecule has 6 aliphatic heterocycles. The maximum Gasteiger partial charge on any atom is 0.252 e. The van der Waals surface area contributed by atoms with Crippen LogP contribution in [0, 0.1) is 0 Å². The fourth-order valence-corrected chi connectivity index (χ4v) is 16.8. The zero-order chi connectivity index (χ0) is 59.5. The van der Waals surface area contributed by atoms with Crippen LogP contribution in [0.3, 0.4) is 0 Å². The van der Waals surface area contributed by atoms with E-state index in [-0.39, 0.29) is 20.1 Å². The van der Waals surface area contributed by atoms with Crippen molar-refractivity contribution >= 4 is 191 Å². The smallest absolute Gasteiger partial charge is 0.252 e. The summed E-state index contributed by atoms with van der Waals surface area (Å²) in [5, 5.41) is 13.1. The summed E-state index contributed by atoms with van der Waals surface area (Å²) in [7, 11) is 13.3. The molecule has 0 amide bonds. The zero-order valence-corrected chi connectivity index (χ0v) is 50.7. The van der Waals surface area contributed by atoms with Crippen molar-refractivity contribution in [2.75, 3.05) is 71.7 Å². The Morgan fingerprint density at radius 1 is 0.191 bits per heavy atom. The van der Waals surface area contributed by atoms with E-state index in [1.807, 2.05) is 0 Å². The molecule has 14 aromatic carbocycles. The first-order chi connectivity index (χ1) is 43.7. The van der Waals surface area contributed by atoms with E-state index >= 15 is 0 Å². The van der Waals surface area contributed by atoms with E-state index in [4.69, 9.17) is 0 Å². The largest absolute Gasteiger partial charge is 0.345 e.